The Labute approximate surface area is 129 Å². The number of halogens is 1. The van der Waals surface area contributed by atoms with Crippen LogP contribution in [0.15, 0.2) is 35.1 Å². The summed E-state index contributed by atoms with van der Waals surface area (Å²) in [4.78, 5) is 8.93. The Morgan fingerprint density at radius 2 is 1.90 bits per heavy atom. The molecule has 0 saturated heterocycles. The van der Waals surface area contributed by atoms with E-state index in [1.807, 2.05) is 18.2 Å². The van der Waals surface area contributed by atoms with Gasteiger partial charge in [-0.05, 0) is 18.9 Å². The van der Waals surface area contributed by atoms with Gasteiger partial charge in [0.2, 0.25) is 0 Å². The van der Waals surface area contributed by atoms with Crippen LogP contribution in [0.2, 0.25) is 0 Å². The van der Waals surface area contributed by atoms with Crippen LogP contribution < -0.4 is 5.32 Å². The number of hydrogen-bond acceptors (Lipinski definition) is 3. The predicted molar refractivity (Wildman–Crippen MR) is 87.9 cm³/mol. The number of rotatable bonds is 6. The zero-order valence-electron chi connectivity index (χ0n) is 12.0. The Balaban J connectivity index is 2.49. The third kappa shape index (κ3) is 3.37. The molecule has 2 rings (SSSR count). The molecule has 0 aliphatic rings. The van der Waals surface area contributed by atoms with Crippen LogP contribution in [0, 0.1) is 0 Å². The van der Waals surface area contributed by atoms with Crippen LogP contribution in [0.4, 0.5) is 5.82 Å². The fourth-order valence-corrected chi connectivity index (χ4v) is 2.65. The third-order valence-electron chi connectivity index (χ3n) is 3.12. The summed E-state index contributed by atoms with van der Waals surface area (Å²) in [7, 11) is 0. The second kappa shape index (κ2) is 7.39. The second-order valence-electron chi connectivity index (χ2n) is 4.71. The SMILES string of the molecule is CCCNc1ncnc(-c2ccccc2Br)c1CCC. The molecule has 0 radical (unpaired) electrons. The van der Waals surface area contributed by atoms with E-state index >= 15 is 0 Å². The fraction of sp³-hybridized carbons (Fsp3) is 0.375. The van der Waals surface area contributed by atoms with Crippen LogP contribution in [-0.4, -0.2) is 16.5 Å². The smallest absolute Gasteiger partial charge is 0.133 e. The second-order valence-corrected chi connectivity index (χ2v) is 5.56. The molecule has 0 aliphatic carbocycles. The summed E-state index contributed by atoms with van der Waals surface area (Å²) in [6, 6.07) is 8.20. The molecule has 0 saturated carbocycles. The molecule has 106 valence electrons. The molecule has 2 aromatic rings. The maximum absolute atomic E-state index is 4.52. The Morgan fingerprint density at radius 1 is 1.10 bits per heavy atom. The molecule has 1 aromatic carbocycles. The van der Waals surface area contributed by atoms with Crippen LogP contribution in [0.3, 0.4) is 0 Å². The highest BCUT2D eigenvalue weighted by Gasteiger charge is 2.13. The molecule has 4 heteroatoms. The quantitative estimate of drug-likeness (QED) is 0.833. The number of nitrogens with one attached hydrogen (secondary N) is 1. The number of benzene rings is 1. The number of aromatic nitrogens is 2. The average Bonchev–Trinajstić information content (AvgIpc) is 2.47. The van der Waals surface area contributed by atoms with Gasteiger partial charge in [0.15, 0.2) is 0 Å². The lowest BCUT2D eigenvalue weighted by atomic mass is 10.0. The van der Waals surface area contributed by atoms with Crippen molar-refractivity contribution in [3.63, 3.8) is 0 Å². The molecule has 1 aromatic heterocycles. The minimum atomic E-state index is 0.934. The van der Waals surface area contributed by atoms with E-state index in [2.05, 4.69) is 51.1 Å². The van der Waals surface area contributed by atoms with Gasteiger partial charge in [0.25, 0.3) is 0 Å². The zero-order chi connectivity index (χ0) is 14.4. The lowest BCUT2D eigenvalue weighted by Gasteiger charge is -2.14. The number of hydrogen-bond donors (Lipinski definition) is 1. The summed E-state index contributed by atoms with van der Waals surface area (Å²) in [6.07, 6.45) is 4.78. The molecular weight excluding hydrogens is 314 g/mol. The molecule has 0 aliphatic heterocycles. The molecule has 0 atom stereocenters. The summed E-state index contributed by atoms with van der Waals surface area (Å²) < 4.78 is 1.07. The van der Waals surface area contributed by atoms with E-state index in [1.165, 1.54) is 5.56 Å². The van der Waals surface area contributed by atoms with Crippen molar-refractivity contribution in [1.82, 2.24) is 9.97 Å². The first kappa shape index (κ1) is 15.0. The van der Waals surface area contributed by atoms with Crippen molar-refractivity contribution in [2.45, 2.75) is 33.1 Å². The molecule has 0 amide bonds. The van der Waals surface area contributed by atoms with Gasteiger partial charge in [0, 0.05) is 22.1 Å². The van der Waals surface area contributed by atoms with Crippen molar-refractivity contribution in [3.05, 3.63) is 40.6 Å². The maximum Gasteiger partial charge on any atom is 0.133 e. The summed E-state index contributed by atoms with van der Waals surface area (Å²) in [6.45, 7) is 5.27. The van der Waals surface area contributed by atoms with Gasteiger partial charge in [-0.15, -0.1) is 0 Å². The van der Waals surface area contributed by atoms with E-state index in [1.54, 1.807) is 6.33 Å². The molecule has 1 heterocycles. The Morgan fingerprint density at radius 3 is 2.60 bits per heavy atom. The molecule has 3 nitrogen and oxygen atoms in total. The summed E-state index contributed by atoms with van der Waals surface area (Å²) >= 11 is 3.61. The van der Waals surface area contributed by atoms with Gasteiger partial charge < -0.3 is 5.32 Å². The minimum Gasteiger partial charge on any atom is -0.370 e. The number of anilines is 1. The van der Waals surface area contributed by atoms with E-state index in [-0.39, 0.29) is 0 Å². The van der Waals surface area contributed by atoms with Crippen LogP contribution in [0.25, 0.3) is 11.3 Å². The van der Waals surface area contributed by atoms with Crippen molar-refractivity contribution in [2.75, 3.05) is 11.9 Å². The van der Waals surface area contributed by atoms with Gasteiger partial charge in [-0.2, -0.15) is 0 Å². The van der Waals surface area contributed by atoms with Gasteiger partial charge in [0.1, 0.15) is 12.1 Å². The molecule has 0 bridgehead atoms. The Hall–Kier alpha value is -1.42. The van der Waals surface area contributed by atoms with Crippen LogP contribution in [0.5, 0.6) is 0 Å². The highest BCUT2D eigenvalue weighted by atomic mass is 79.9. The van der Waals surface area contributed by atoms with Gasteiger partial charge in [0.05, 0.1) is 5.69 Å². The Bertz CT molecular complexity index is 569. The molecule has 20 heavy (non-hydrogen) atoms. The molecule has 1 N–H and O–H groups in total. The van der Waals surface area contributed by atoms with Crippen molar-refractivity contribution in [3.8, 4) is 11.3 Å². The van der Waals surface area contributed by atoms with E-state index in [4.69, 9.17) is 0 Å². The van der Waals surface area contributed by atoms with Gasteiger partial charge in [-0.1, -0.05) is 54.4 Å². The molecule has 0 unspecified atom stereocenters. The van der Waals surface area contributed by atoms with Crippen molar-refractivity contribution < 1.29 is 0 Å². The number of nitrogens with zero attached hydrogens (tertiary/aromatic N) is 2. The van der Waals surface area contributed by atoms with Crippen LogP contribution in [-0.2, 0) is 6.42 Å². The first-order chi connectivity index (χ1) is 9.77. The highest BCUT2D eigenvalue weighted by Crippen LogP contribution is 2.32. The largest absolute Gasteiger partial charge is 0.370 e. The third-order valence-corrected chi connectivity index (χ3v) is 3.81. The maximum atomic E-state index is 4.52. The fourth-order valence-electron chi connectivity index (χ4n) is 2.18. The lowest BCUT2D eigenvalue weighted by Crippen LogP contribution is -2.08. The zero-order valence-corrected chi connectivity index (χ0v) is 13.6. The predicted octanol–water partition coefficient (Wildman–Crippen LogP) is 4.68. The topological polar surface area (TPSA) is 37.8 Å². The molecular formula is C16H20BrN3. The Kier molecular flexibility index (Phi) is 5.53. The van der Waals surface area contributed by atoms with E-state index in [0.717, 1.165) is 47.4 Å². The molecule has 0 spiro atoms. The van der Waals surface area contributed by atoms with Gasteiger partial charge >= 0.3 is 0 Å². The van der Waals surface area contributed by atoms with Gasteiger partial charge in [-0.25, -0.2) is 9.97 Å². The van der Waals surface area contributed by atoms with Crippen molar-refractivity contribution in [1.29, 1.82) is 0 Å². The van der Waals surface area contributed by atoms with E-state index < -0.39 is 0 Å². The summed E-state index contributed by atoms with van der Waals surface area (Å²) in [5, 5.41) is 3.41. The lowest BCUT2D eigenvalue weighted by molar-refractivity contribution is 0.892. The normalized spacial score (nSPS) is 10.6. The monoisotopic (exact) mass is 333 g/mol. The minimum absolute atomic E-state index is 0.934. The first-order valence-corrected chi connectivity index (χ1v) is 7.89. The van der Waals surface area contributed by atoms with Crippen LogP contribution in [0.1, 0.15) is 32.3 Å². The van der Waals surface area contributed by atoms with Crippen molar-refractivity contribution in [2.24, 2.45) is 0 Å². The molecule has 0 fully saturated rings. The standard InChI is InChI=1S/C16H20BrN3/c1-3-7-13-15(12-8-5-6-9-14(12)17)19-11-20-16(13)18-10-4-2/h5-6,8-9,11H,3-4,7,10H2,1-2H3,(H,18,19,20). The first-order valence-electron chi connectivity index (χ1n) is 7.10. The van der Waals surface area contributed by atoms with Gasteiger partial charge in [-0.3, -0.25) is 0 Å². The summed E-state index contributed by atoms with van der Waals surface area (Å²) in [5.74, 6) is 0.967. The van der Waals surface area contributed by atoms with Crippen molar-refractivity contribution >= 4 is 21.7 Å². The highest BCUT2D eigenvalue weighted by molar-refractivity contribution is 9.10. The average molecular weight is 334 g/mol. The van der Waals surface area contributed by atoms with Crippen LogP contribution >= 0.6 is 15.9 Å². The van der Waals surface area contributed by atoms with E-state index in [0.29, 0.717) is 0 Å². The van der Waals surface area contributed by atoms with E-state index in [9.17, 15) is 0 Å². The summed E-state index contributed by atoms with van der Waals surface area (Å²) in [5.41, 5.74) is 3.35.